The SMILES string of the molecule is CC(O)CC1CCCN1C(=O)Nc1ccncc1. The first-order valence-corrected chi connectivity index (χ1v) is 6.32. The van der Waals surface area contributed by atoms with E-state index in [2.05, 4.69) is 10.3 Å². The number of nitrogens with zero attached hydrogens (tertiary/aromatic N) is 2. The van der Waals surface area contributed by atoms with Gasteiger partial charge in [-0.1, -0.05) is 0 Å². The van der Waals surface area contributed by atoms with E-state index in [1.54, 1.807) is 31.5 Å². The molecule has 5 nitrogen and oxygen atoms in total. The zero-order chi connectivity index (χ0) is 13.0. The molecule has 2 unspecified atom stereocenters. The van der Waals surface area contributed by atoms with Crippen LogP contribution in [-0.2, 0) is 0 Å². The second kappa shape index (κ2) is 5.82. The Morgan fingerprint density at radius 1 is 1.61 bits per heavy atom. The normalized spacial score (nSPS) is 20.8. The number of amides is 2. The van der Waals surface area contributed by atoms with Gasteiger partial charge in [-0.3, -0.25) is 4.98 Å². The zero-order valence-electron chi connectivity index (χ0n) is 10.5. The lowest BCUT2D eigenvalue weighted by atomic mass is 10.1. The molecule has 0 aromatic carbocycles. The van der Waals surface area contributed by atoms with Crippen LogP contribution in [0.1, 0.15) is 26.2 Å². The van der Waals surface area contributed by atoms with E-state index < -0.39 is 0 Å². The fourth-order valence-electron chi connectivity index (χ4n) is 2.37. The zero-order valence-corrected chi connectivity index (χ0v) is 10.5. The maximum atomic E-state index is 12.1. The van der Waals surface area contributed by atoms with E-state index in [0.29, 0.717) is 6.42 Å². The molecule has 2 atom stereocenters. The van der Waals surface area contributed by atoms with E-state index in [9.17, 15) is 9.90 Å². The first-order chi connectivity index (χ1) is 8.66. The molecule has 1 aliphatic heterocycles. The van der Waals surface area contributed by atoms with Crippen molar-refractivity contribution in [2.45, 2.75) is 38.3 Å². The molecule has 1 saturated heterocycles. The van der Waals surface area contributed by atoms with Crippen molar-refractivity contribution in [3.8, 4) is 0 Å². The first-order valence-electron chi connectivity index (χ1n) is 6.32. The van der Waals surface area contributed by atoms with Crippen LogP contribution in [0.4, 0.5) is 10.5 Å². The summed E-state index contributed by atoms with van der Waals surface area (Å²) in [6.45, 7) is 2.52. The van der Waals surface area contributed by atoms with Crippen molar-refractivity contribution in [3.05, 3.63) is 24.5 Å². The Bertz CT molecular complexity index is 394. The maximum absolute atomic E-state index is 12.1. The van der Waals surface area contributed by atoms with Gasteiger partial charge >= 0.3 is 6.03 Å². The number of hydrogen-bond donors (Lipinski definition) is 2. The van der Waals surface area contributed by atoms with E-state index in [4.69, 9.17) is 0 Å². The molecule has 1 aliphatic rings. The van der Waals surface area contributed by atoms with E-state index in [1.807, 2.05) is 4.90 Å². The van der Waals surface area contributed by atoms with E-state index in [1.165, 1.54) is 0 Å². The number of rotatable bonds is 3. The highest BCUT2D eigenvalue weighted by Gasteiger charge is 2.29. The fraction of sp³-hybridized carbons (Fsp3) is 0.538. The summed E-state index contributed by atoms with van der Waals surface area (Å²) >= 11 is 0. The number of anilines is 1. The van der Waals surface area contributed by atoms with Gasteiger partial charge in [0.15, 0.2) is 0 Å². The number of urea groups is 1. The van der Waals surface area contributed by atoms with Gasteiger partial charge in [-0.25, -0.2) is 4.79 Å². The molecule has 5 heteroatoms. The van der Waals surface area contributed by atoms with Crippen LogP contribution >= 0.6 is 0 Å². The molecule has 1 aromatic rings. The van der Waals surface area contributed by atoms with Crippen LogP contribution in [0.3, 0.4) is 0 Å². The Morgan fingerprint density at radius 3 is 3.00 bits per heavy atom. The Morgan fingerprint density at radius 2 is 2.33 bits per heavy atom. The quantitative estimate of drug-likeness (QED) is 0.859. The standard InChI is InChI=1S/C13H19N3O2/c1-10(17)9-12-3-2-8-16(12)13(18)15-11-4-6-14-7-5-11/h4-7,10,12,17H,2-3,8-9H2,1H3,(H,14,15,18). The lowest BCUT2D eigenvalue weighted by molar-refractivity contribution is 0.142. The Labute approximate surface area is 107 Å². The largest absolute Gasteiger partial charge is 0.393 e. The average Bonchev–Trinajstić information content (AvgIpc) is 2.77. The molecule has 0 radical (unpaired) electrons. The lowest BCUT2D eigenvalue weighted by Crippen LogP contribution is -2.40. The minimum Gasteiger partial charge on any atom is -0.393 e. The molecule has 2 heterocycles. The number of aliphatic hydroxyl groups is 1. The number of likely N-dealkylation sites (tertiary alicyclic amines) is 1. The van der Waals surface area contributed by atoms with Gasteiger partial charge in [0, 0.05) is 30.7 Å². The highest BCUT2D eigenvalue weighted by atomic mass is 16.3. The summed E-state index contributed by atoms with van der Waals surface area (Å²) in [7, 11) is 0. The maximum Gasteiger partial charge on any atom is 0.322 e. The van der Waals surface area contributed by atoms with Gasteiger partial charge in [0.2, 0.25) is 0 Å². The van der Waals surface area contributed by atoms with Crippen molar-refractivity contribution in [1.82, 2.24) is 9.88 Å². The van der Waals surface area contributed by atoms with Crippen molar-refractivity contribution in [1.29, 1.82) is 0 Å². The second-order valence-corrected chi connectivity index (χ2v) is 4.74. The number of aromatic nitrogens is 1. The molecule has 18 heavy (non-hydrogen) atoms. The molecule has 0 aliphatic carbocycles. The van der Waals surface area contributed by atoms with Crippen LogP contribution in [0, 0.1) is 0 Å². The highest BCUT2D eigenvalue weighted by molar-refractivity contribution is 5.89. The van der Waals surface area contributed by atoms with E-state index in [0.717, 1.165) is 25.1 Å². The Hall–Kier alpha value is -1.62. The number of carbonyl (C=O) groups is 1. The molecule has 1 aromatic heterocycles. The van der Waals surface area contributed by atoms with Crippen LogP contribution in [0.25, 0.3) is 0 Å². The summed E-state index contributed by atoms with van der Waals surface area (Å²) in [4.78, 5) is 17.8. The van der Waals surface area contributed by atoms with Gasteiger partial charge < -0.3 is 15.3 Å². The summed E-state index contributed by atoms with van der Waals surface area (Å²) in [6.07, 6.45) is 5.53. The lowest BCUT2D eigenvalue weighted by Gasteiger charge is -2.25. The molecule has 2 amide bonds. The van der Waals surface area contributed by atoms with Gasteiger partial charge in [0.05, 0.1) is 6.10 Å². The van der Waals surface area contributed by atoms with Gasteiger partial charge in [0.25, 0.3) is 0 Å². The smallest absolute Gasteiger partial charge is 0.322 e. The molecule has 2 rings (SSSR count). The number of aliphatic hydroxyl groups excluding tert-OH is 1. The molecule has 0 bridgehead atoms. The van der Waals surface area contributed by atoms with Gasteiger partial charge in [-0.2, -0.15) is 0 Å². The average molecular weight is 249 g/mol. The van der Waals surface area contributed by atoms with Crippen molar-refractivity contribution >= 4 is 11.7 Å². The molecule has 0 spiro atoms. The third-order valence-electron chi connectivity index (χ3n) is 3.18. The fourth-order valence-corrected chi connectivity index (χ4v) is 2.37. The topological polar surface area (TPSA) is 65.5 Å². The molecular formula is C13H19N3O2. The first kappa shape index (κ1) is 12.8. The summed E-state index contributed by atoms with van der Waals surface area (Å²) in [6, 6.07) is 3.58. The third-order valence-corrected chi connectivity index (χ3v) is 3.18. The van der Waals surface area contributed by atoms with Gasteiger partial charge in [0.1, 0.15) is 0 Å². The second-order valence-electron chi connectivity index (χ2n) is 4.74. The number of carbonyl (C=O) groups excluding carboxylic acids is 1. The highest BCUT2D eigenvalue weighted by Crippen LogP contribution is 2.22. The Balaban J connectivity index is 1.96. The van der Waals surface area contributed by atoms with Crippen LogP contribution in [-0.4, -0.2) is 39.7 Å². The summed E-state index contributed by atoms with van der Waals surface area (Å²) < 4.78 is 0. The third kappa shape index (κ3) is 3.20. The van der Waals surface area contributed by atoms with Crippen molar-refractivity contribution in [2.75, 3.05) is 11.9 Å². The number of pyridine rings is 1. The summed E-state index contributed by atoms with van der Waals surface area (Å²) in [5.74, 6) is 0. The number of hydrogen-bond acceptors (Lipinski definition) is 3. The van der Waals surface area contributed by atoms with Crippen molar-refractivity contribution < 1.29 is 9.90 Å². The van der Waals surface area contributed by atoms with Gasteiger partial charge in [-0.05, 0) is 38.3 Å². The van der Waals surface area contributed by atoms with E-state index >= 15 is 0 Å². The number of nitrogens with one attached hydrogen (secondary N) is 1. The van der Waals surface area contributed by atoms with Crippen LogP contribution in [0.15, 0.2) is 24.5 Å². The molecule has 2 N–H and O–H groups in total. The monoisotopic (exact) mass is 249 g/mol. The predicted molar refractivity (Wildman–Crippen MR) is 69.3 cm³/mol. The van der Waals surface area contributed by atoms with Gasteiger partial charge in [-0.15, -0.1) is 0 Å². The molecule has 1 fully saturated rings. The molecule has 0 saturated carbocycles. The van der Waals surface area contributed by atoms with E-state index in [-0.39, 0.29) is 18.2 Å². The predicted octanol–water partition coefficient (Wildman–Crippen LogP) is 1.85. The minimum absolute atomic E-state index is 0.0932. The minimum atomic E-state index is -0.371. The van der Waals surface area contributed by atoms with Crippen molar-refractivity contribution in [3.63, 3.8) is 0 Å². The molecule has 98 valence electrons. The summed E-state index contributed by atoms with van der Waals surface area (Å²) in [5.41, 5.74) is 0.748. The van der Waals surface area contributed by atoms with Crippen LogP contribution < -0.4 is 5.32 Å². The molecular weight excluding hydrogens is 230 g/mol. The van der Waals surface area contributed by atoms with Crippen molar-refractivity contribution in [2.24, 2.45) is 0 Å². The van der Waals surface area contributed by atoms with Crippen LogP contribution in [0.2, 0.25) is 0 Å². The summed E-state index contributed by atoms with van der Waals surface area (Å²) in [5, 5.41) is 12.3. The Kier molecular flexibility index (Phi) is 4.15. The van der Waals surface area contributed by atoms with Crippen LogP contribution in [0.5, 0.6) is 0 Å².